The molecule has 0 bridgehead atoms. The van der Waals surface area contributed by atoms with Gasteiger partial charge in [-0.15, -0.1) is 11.3 Å². The zero-order chi connectivity index (χ0) is 36.0. The van der Waals surface area contributed by atoms with Crippen molar-refractivity contribution in [2.75, 3.05) is 4.90 Å². The first-order valence-corrected chi connectivity index (χ1v) is 19.7. The average molecular weight is 708 g/mol. The smallest absolute Gasteiger partial charge is 0.0543 e. The Morgan fingerprint density at radius 2 is 1.24 bits per heavy atom. The molecule has 2 aliphatic rings. The minimum absolute atomic E-state index is 0.379. The average Bonchev–Trinajstić information content (AvgIpc) is 3.90. The van der Waals surface area contributed by atoms with E-state index in [9.17, 15) is 0 Å². The second-order valence-corrected chi connectivity index (χ2v) is 16.2. The number of nitrogens with zero attached hydrogens (tertiary/aromatic N) is 1. The predicted molar refractivity (Wildman–Crippen MR) is 230 cm³/mol. The van der Waals surface area contributed by atoms with Crippen molar-refractivity contribution in [3.8, 4) is 32.7 Å². The highest BCUT2D eigenvalue weighted by Gasteiger charge is 2.43. The Morgan fingerprint density at radius 1 is 0.537 bits per heavy atom. The fourth-order valence-corrected chi connectivity index (χ4v) is 10.4. The summed E-state index contributed by atoms with van der Waals surface area (Å²) in [6.07, 6.45) is 0.954. The molecular formula is C52H37NS. The van der Waals surface area contributed by atoms with Crippen molar-refractivity contribution in [1.82, 2.24) is 0 Å². The lowest BCUT2D eigenvalue weighted by molar-refractivity contribution is 0.714. The summed E-state index contributed by atoms with van der Waals surface area (Å²) >= 11 is 1.88. The van der Waals surface area contributed by atoms with Gasteiger partial charge in [-0.2, -0.15) is 0 Å². The molecule has 8 aromatic carbocycles. The van der Waals surface area contributed by atoms with Crippen LogP contribution in [0.3, 0.4) is 0 Å². The molecule has 0 N–H and O–H groups in total. The standard InChI is InChI=1S/C52H37NS/c1-33-20-23-39(24-21-33)53(40-25-27-42-37(29-40)28-34-12-6-8-16-41(34)42)48-32-47-51(44-18-10-9-17-43(44)48)45-26-22-36(50-31-35-13-7-11-19-49(35)54-50)30-46(45)52(47,2)38-14-4-3-5-15-38/h3-27,29-32H,28H2,1-2H3. The summed E-state index contributed by atoms with van der Waals surface area (Å²) in [4.78, 5) is 3.81. The van der Waals surface area contributed by atoms with Crippen LogP contribution in [0.1, 0.15) is 40.3 Å². The molecule has 0 radical (unpaired) electrons. The number of aryl methyl sites for hydroxylation is 1. The molecular weight excluding hydrogens is 671 g/mol. The first-order chi connectivity index (χ1) is 26.5. The van der Waals surface area contributed by atoms with E-state index < -0.39 is 0 Å². The summed E-state index contributed by atoms with van der Waals surface area (Å²) < 4.78 is 1.32. The highest BCUT2D eigenvalue weighted by molar-refractivity contribution is 7.22. The third-order valence-corrected chi connectivity index (χ3v) is 13.2. The fraction of sp³-hybridized carbons (Fsp3) is 0.0769. The van der Waals surface area contributed by atoms with Gasteiger partial charge in [-0.05, 0) is 135 Å². The lowest BCUT2D eigenvalue weighted by atomic mass is 9.73. The normalized spacial score (nSPS) is 15.2. The van der Waals surface area contributed by atoms with Gasteiger partial charge in [0.15, 0.2) is 0 Å². The van der Waals surface area contributed by atoms with Crippen LogP contribution in [0.5, 0.6) is 0 Å². The van der Waals surface area contributed by atoms with Crippen molar-refractivity contribution in [3.63, 3.8) is 0 Å². The Morgan fingerprint density at radius 3 is 2.09 bits per heavy atom. The van der Waals surface area contributed by atoms with Gasteiger partial charge < -0.3 is 4.90 Å². The lowest BCUT2D eigenvalue weighted by Crippen LogP contribution is -2.23. The Kier molecular flexibility index (Phi) is 6.90. The number of anilines is 3. The second-order valence-electron chi connectivity index (χ2n) is 15.1. The van der Waals surface area contributed by atoms with Crippen molar-refractivity contribution in [2.24, 2.45) is 0 Å². The fourth-order valence-electron chi connectivity index (χ4n) is 9.30. The second kappa shape index (κ2) is 11.9. The third kappa shape index (κ3) is 4.63. The third-order valence-electron chi connectivity index (χ3n) is 12.0. The molecule has 256 valence electrons. The number of hydrogen-bond donors (Lipinski definition) is 0. The van der Waals surface area contributed by atoms with E-state index in [1.807, 2.05) is 11.3 Å². The first-order valence-electron chi connectivity index (χ1n) is 18.9. The molecule has 1 nitrogen and oxygen atoms in total. The molecule has 9 aromatic rings. The molecule has 1 atom stereocenters. The van der Waals surface area contributed by atoms with Crippen LogP contribution in [0.2, 0.25) is 0 Å². The molecule has 0 amide bonds. The zero-order valence-electron chi connectivity index (χ0n) is 30.3. The van der Waals surface area contributed by atoms with Gasteiger partial charge in [0.1, 0.15) is 0 Å². The minimum atomic E-state index is -0.379. The summed E-state index contributed by atoms with van der Waals surface area (Å²) in [7, 11) is 0. The van der Waals surface area contributed by atoms with E-state index in [1.165, 1.54) is 98.3 Å². The van der Waals surface area contributed by atoms with Crippen molar-refractivity contribution in [3.05, 3.63) is 209 Å². The van der Waals surface area contributed by atoms with E-state index in [4.69, 9.17) is 0 Å². The molecule has 11 rings (SSSR count). The van der Waals surface area contributed by atoms with E-state index in [1.54, 1.807) is 0 Å². The number of thiophene rings is 1. The van der Waals surface area contributed by atoms with E-state index in [2.05, 4.69) is 195 Å². The minimum Gasteiger partial charge on any atom is -0.310 e. The maximum absolute atomic E-state index is 2.52. The van der Waals surface area contributed by atoms with Gasteiger partial charge >= 0.3 is 0 Å². The summed E-state index contributed by atoms with van der Waals surface area (Å²) in [5.74, 6) is 0. The van der Waals surface area contributed by atoms with Crippen LogP contribution in [-0.4, -0.2) is 0 Å². The predicted octanol–water partition coefficient (Wildman–Crippen LogP) is 14.4. The topological polar surface area (TPSA) is 3.24 Å². The van der Waals surface area contributed by atoms with Gasteiger partial charge in [0.2, 0.25) is 0 Å². The molecule has 0 saturated heterocycles. The van der Waals surface area contributed by atoms with Crippen LogP contribution in [0.25, 0.3) is 53.6 Å². The first kappa shape index (κ1) is 31.3. The van der Waals surface area contributed by atoms with Crippen LogP contribution >= 0.6 is 11.3 Å². The van der Waals surface area contributed by atoms with Crippen LogP contribution in [-0.2, 0) is 11.8 Å². The van der Waals surface area contributed by atoms with E-state index in [0.717, 1.165) is 12.1 Å². The maximum Gasteiger partial charge on any atom is 0.0543 e. The molecule has 0 spiro atoms. The van der Waals surface area contributed by atoms with E-state index in [-0.39, 0.29) is 5.41 Å². The van der Waals surface area contributed by atoms with Crippen LogP contribution in [0, 0.1) is 6.92 Å². The quantitative estimate of drug-likeness (QED) is 0.172. The Bertz CT molecular complexity index is 2900. The van der Waals surface area contributed by atoms with Gasteiger partial charge in [-0.25, -0.2) is 0 Å². The maximum atomic E-state index is 2.52. The zero-order valence-corrected chi connectivity index (χ0v) is 31.1. The van der Waals surface area contributed by atoms with Crippen molar-refractivity contribution in [2.45, 2.75) is 25.7 Å². The number of benzene rings is 8. The molecule has 2 heteroatoms. The van der Waals surface area contributed by atoms with Gasteiger partial charge in [-0.1, -0.05) is 133 Å². The van der Waals surface area contributed by atoms with Crippen LogP contribution in [0.4, 0.5) is 17.1 Å². The van der Waals surface area contributed by atoms with Crippen LogP contribution in [0.15, 0.2) is 176 Å². The molecule has 1 unspecified atom stereocenters. The highest BCUT2D eigenvalue weighted by atomic mass is 32.1. The van der Waals surface area contributed by atoms with Gasteiger partial charge in [0, 0.05) is 31.8 Å². The summed E-state index contributed by atoms with van der Waals surface area (Å²) in [5.41, 5.74) is 17.8. The van der Waals surface area contributed by atoms with Gasteiger partial charge in [0.25, 0.3) is 0 Å². The van der Waals surface area contributed by atoms with E-state index in [0.29, 0.717) is 0 Å². The van der Waals surface area contributed by atoms with E-state index >= 15 is 0 Å². The number of hydrogen-bond acceptors (Lipinski definition) is 2. The largest absolute Gasteiger partial charge is 0.310 e. The van der Waals surface area contributed by atoms with Crippen molar-refractivity contribution >= 4 is 49.3 Å². The lowest BCUT2D eigenvalue weighted by Gasteiger charge is -2.32. The molecule has 0 aliphatic heterocycles. The molecule has 0 saturated carbocycles. The SMILES string of the molecule is Cc1ccc(N(c2ccc3c(c2)Cc2ccccc2-3)c2cc3c(c4ccccc24)-c2ccc(-c4cc5ccccc5s4)cc2C3(C)c2ccccc2)cc1. The molecule has 0 fully saturated rings. The molecule has 1 heterocycles. The number of rotatable bonds is 5. The summed E-state index contributed by atoms with van der Waals surface area (Å²) in [6.45, 7) is 4.62. The van der Waals surface area contributed by atoms with Gasteiger partial charge in [-0.3, -0.25) is 0 Å². The molecule has 54 heavy (non-hydrogen) atoms. The van der Waals surface area contributed by atoms with Gasteiger partial charge in [0.05, 0.1) is 5.69 Å². The monoisotopic (exact) mass is 707 g/mol. The molecule has 1 aromatic heterocycles. The van der Waals surface area contributed by atoms with Crippen molar-refractivity contribution in [1.29, 1.82) is 0 Å². The Balaban J connectivity index is 1.17. The van der Waals surface area contributed by atoms with Crippen molar-refractivity contribution < 1.29 is 0 Å². The summed E-state index contributed by atoms with van der Waals surface area (Å²) in [5, 5.41) is 3.83. The Labute approximate surface area is 320 Å². The molecule has 2 aliphatic carbocycles. The Hall–Kier alpha value is -6.22. The van der Waals surface area contributed by atoms with Crippen LogP contribution < -0.4 is 4.90 Å². The highest BCUT2D eigenvalue weighted by Crippen LogP contribution is 2.58. The summed E-state index contributed by atoms with van der Waals surface area (Å²) in [6, 6.07) is 66.0. The number of fused-ring (bicyclic) bond motifs is 9.